The van der Waals surface area contributed by atoms with E-state index in [-0.39, 0.29) is 12.3 Å². The third kappa shape index (κ3) is 4.20. The van der Waals surface area contributed by atoms with E-state index in [1.54, 1.807) is 12.4 Å². The van der Waals surface area contributed by atoms with Crippen LogP contribution in [-0.4, -0.2) is 65.4 Å². The molecule has 1 N–H and O–H groups in total. The topological polar surface area (TPSA) is 97.8 Å². The molecule has 3 rings (SSSR count). The van der Waals surface area contributed by atoms with Gasteiger partial charge in [-0.2, -0.15) is 0 Å². The van der Waals surface area contributed by atoms with Crippen molar-refractivity contribution in [2.75, 3.05) is 18.1 Å². The number of amides is 2. The van der Waals surface area contributed by atoms with Gasteiger partial charge >= 0.3 is 20.1 Å². The number of hydrogen-bond acceptors (Lipinski definition) is 8. The van der Waals surface area contributed by atoms with Crippen molar-refractivity contribution in [2.45, 2.75) is 16.3 Å². The first-order valence-electron chi connectivity index (χ1n) is 8.21. The first-order valence-corrected chi connectivity index (χ1v) is 10.2. The number of ether oxygens (including phenoxy) is 1. The summed E-state index contributed by atoms with van der Waals surface area (Å²) in [5, 5.41) is 2.09. The third-order valence-corrected chi connectivity index (χ3v) is 6.45. The van der Waals surface area contributed by atoms with Crippen molar-refractivity contribution in [3.8, 4) is 0 Å². The van der Waals surface area contributed by atoms with Crippen molar-refractivity contribution in [3.05, 3.63) is 48.5 Å². The number of nitrogens with zero attached hydrogens (tertiary/aromatic N) is 2. The lowest BCUT2D eigenvalue weighted by molar-refractivity contribution is -0.148. The van der Waals surface area contributed by atoms with Crippen molar-refractivity contribution in [3.63, 3.8) is 0 Å². The summed E-state index contributed by atoms with van der Waals surface area (Å²) in [6.45, 7) is 3.49. The molecule has 8 nitrogen and oxygen atoms in total. The Morgan fingerprint density at radius 3 is 2.89 bits per heavy atom. The molecule has 2 amide bonds. The zero-order valence-corrected chi connectivity index (χ0v) is 16.3. The Labute approximate surface area is 171 Å². The van der Waals surface area contributed by atoms with E-state index in [0.717, 1.165) is 10.5 Å². The highest BCUT2D eigenvalue weighted by atomic mass is 32.2. The molecule has 1 aromatic rings. The molecule has 2 atom stereocenters. The molecule has 1 fully saturated rings. The number of carbonyl (C=O) groups is 3. The van der Waals surface area contributed by atoms with E-state index in [1.165, 1.54) is 34.5 Å². The van der Waals surface area contributed by atoms with Gasteiger partial charge in [0, 0.05) is 28.8 Å². The Morgan fingerprint density at radius 1 is 1.46 bits per heavy atom. The second kappa shape index (κ2) is 9.20. The largest absolute Gasteiger partial charge is 0.539 e. The van der Waals surface area contributed by atoms with Gasteiger partial charge in [0.05, 0.1) is 0 Å². The average Bonchev–Trinajstić information content (AvgIpc) is 2.73. The second-order valence-electron chi connectivity index (χ2n) is 5.75. The van der Waals surface area contributed by atoms with Crippen molar-refractivity contribution >= 4 is 49.5 Å². The molecule has 0 bridgehead atoms. The average molecular weight is 417 g/mol. The number of β-lactam (4-membered cyclic amide) rings is 1. The molecule has 28 heavy (non-hydrogen) atoms. The summed E-state index contributed by atoms with van der Waals surface area (Å²) in [6.07, 6.45) is 4.06. The van der Waals surface area contributed by atoms with Crippen molar-refractivity contribution in [1.82, 2.24) is 15.2 Å². The Morgan fingerprint density at radius 2 is 2.21 bits per heavy atom. The highest BCUT2D eigenvalue weighted by Gasteiger charge is 2.54. The fourth-order valence-electron chi connectivity index (χ4n) is 2.75. The van der Waals surface area contributed by atoms with Gasteiger partial charge in [0.2, 0.25) is 0 Å². The Kier molecular flexibility index (Phi) is 6.68. The number of alkyl carbamates (subject to hydrolysis) is 1. The van der Waals surface area contributed by atoms with Crippen molar-refractivity contribution in [2.24, 2.45) is 0 Å². The van der Waals surface area contributed by atoms with Gasteiger partial charge in [-0.15, -0.1) is 23.5 Å². The number of pyridine rings is 1. The van der Waals surface area contributed by atoms with Gasteiger partial charge in [-0.3, -0.25) is 14.7 Å². The van der Waals surface area contributed by atoms with E-state index in [9.17, 15) is 14.4 Å². The first kappa shape index (κ1) is 20.3. The number of hydrogen-bond donors (Lipinski definition) is 1. The number of thioether (sulfide) groups is 2. The molecule has 3 heterocycles. The molecule has 2 aliphatic heterocycles. The molecule has 144 valence electrons. The lowest BCUT2D eigenvalue weighted by Gasteiger charge is -2.49. The Bertz CT molecular complexity index is 820. The van der Waals surface area contributed by atoms with Crippen LogP contribution in [0.5, 0.6) is 0 Å². The van der Waals surface area contributed by atoms with Gasteiger partial charge in [0.25, 0.3) is 5.91 Å². The van der Waals surface area contributed by atoms with Gasteiger partial charge < -0.3 is 14.7 Å². The summed E-state index contributed by atoms with van der Waals surface area (Å²) < 4.78 is 9.25. The summed E-state index contributed by atoms with van der Waals surface area (Å²) >= 11 is 2.96. The molecule has 11 heteroatoms. The van der Waals surface area contributed by atoms with Crippen LogP contribution in [0, 0.1) is 0 Å². The van der Waals surface area contributed by atoms with E-state index in [4.69, 9.17) is 12.8 Å². The zero-order valence-electron chi connectivity index (χ0n) is 14.7. The fraction of sp³-hybridized carbons (Fsp3) is 0.294. The predicted octanol–water partition coefficient (Wildman–Crippen LogP) is 1.25. The smallest absolute Gasteiger partial charge is 0.408 e. The third-order valence-electron chi connectivity index (χ3n) is 4.02. The van der Waals surface area contributed by atoms with E-state index < -0.39 is 29.4 Å². The molecule has 0 aliphatic carbocycles. The van der Waals surface area contributed by atoms with Crippen LogP contribution >= 0.6 is 23.5 Å². The van der Waals surface area contributed by atoms with Gasteiger partial charge in [0.15, 0.2) is 0 Å². The highest BCUT2D eigenvalue weighted by molar-refractivity contribution is 8.01. The SMILES string of the molecule is [B]OC(=O)C1=C(CSc2ccncc2)CS[C@@H]2[C@H](NC(=O)OCC=C)C(=O)N12. The van der Waals surface area contributed by atoms with Crippen LogP contribution in [0.1, 0.15) is 0 Å². The quantitative estimate of drug-likeness (QED) is 0.307. The molecule has 0 saturated carbocycles. The van der Waals surface area contributed by atoms with Crippen molar-refractivity contribution < 1.29 is 23.8 Å². The number of rotatable bonds is 7. The number of aromatic nitrogens is 1. The molecular formula is C17H16BN3O5S2. The van der Waals surface area contributed by atoms with E-state index in [1.807, 2.05) is 12.1 Å². The van der Waals surface area contributed by atoms with Crippen LogP contribution in [0.25, 0.3) is 0 Å². The highest BCUT2D eigenvalue weighted by Crippen LogP contribution is 2.41. The van der Waals surface area contributed by atoms with Gasteiger partial charge in [-0.05, 0) is 17.7 Å². The molecule has 1 aromatic heterocycles. The predicted molar refractivity (Wildman–Crippen MR) is 105 cm³/mol. The van der Waals surface area contributed by atoms with Crippen LogP contribution in [0.15, 0.2) is 53.3 Å². The van der Waals surface area contributed by atoms with Crippen molar-refractivity contribution in [1.29, 1.82) is 0 Å². The lowest BCUT2D eigenvalue weighted by Crippen LogP contribution is -2.70. The molecule has 1 saturated heterocycles. The van der Waals surface area contributed by atoms with Crippen LogP contribution in [0.3, 0.4) is 0 Å². The molecule has 0 unspecified atom stereocenters. The molecular weight excluding hydrogens is 401 g/mol. The van der Waals surface area contributed by atoms with E-state index in [0.29, 0.717) is 11.5 Å². The van der Waals surface area contributed by atoms with Crippen LogP contribution in [0.4, 0.5) is 4.79 Å². The summed E-state index contributed by atoms with van der Waals surface area (Å²) in [5.74, 6) is -0.218. The minimum Gasteiger partial charge on any atom is -0.539 e. The maximum absolute atomic E-state index is 12.6. The maximum atomic E-state index is 12.6. The summed E-state index contributed by atoms with van der Waals surface area (Å²) in [6, 6.07) is 2.93. The first-order chi connectivity index (χ1) is 13.6. The molecule has 0 spiro atoms. The number of fused-ring (bicyclic) bond motifs is 1. The van der Waals surface area contributed by atoms with Gasteiger partial charge in [-0.1, -0.05) is 12.7 Å². The molecule has 2 radical (unpaired) electrons. The summed E-state index contributed by atoms with van der Waals surface area (Å²) in [5.41, 5.74) is 0.870. The second-order valence-corrected chi connectivity index (χ2v) is 7.90. The van der Waals surface area contributed by atoms with E-state index in [2.05, 4.69) is 21.5 Å². The van der Waals surface area contributed by atoms with Crippen LogP contribution < -0.4 is 5.32 Å². The molecule has 2 aliphatic rings. The van der Waals surface area contributed by atoms with E-state index >= 15 is 0 Å². The zero-order chi connectivity index (χ0) is 20.1. The maximum Gasteiger partial charge on any atom is 0.408 e. The monoisotopic (exact) mass is 417 g/mol. The number of nitrogens with one attached hydrogen (secondary N) is 1. The fourth-order valence-corrected chi connectivity index (χ4v) is 5.12. The Balaban J connectivity index is 1.74. The normalized spacial score (nSPS) is 20.7. The molecule has 0 aromatic carbocycles. The standard InChI is InChI=1S/C17H16BN3O5S2/c1-2-7-25-17(24)20-12-14(22)21-13(16(23)26-18)10(9-28-15(12)21)8-27-11-3-5-19-6-4-11/h2-6,12,15H,1,7-9H2,(H,20,24)/t12-,15-/m1/s1. The van der Waals surface area contributed by atoms with Gasteiger partial charge in [0.1, 0.15) is 23.7 Å². The van der Waals surface area contributed by atoms with Crippen LogP contribution in [0.2, 0.25) is 0 Å². The minimum absolute atomic E-state index is 0.0370. The summed E-state index contributed by atoms with van der Waals surface area (Å²) in [7, 11) is 5.08. The number of carbonyl (C=O) groups excluding carboxylic acids is 3. The minimum atomic E-state index is -0.781. The summed E-state index contributed by atoms with van der Waals surface area (Å²) in [4.78, 5) is 42.8. The van der Waals surface area contributed by atoms with Gasteiger partial charge in [-0.25, -0.2) is 9.59 Å². The Hall–Kier alpha value is -2.40. The van der Waals surface area contributed by atoms with Crippen LogP contribution in [-0.2, 0) is 19.0 Å². The lowest BCUT2D eigenvalue weighted by atomic mass is 10.0.